The molecule has 1 aliphatic heterocycles. The standard InChI is InChI=1S/C16H27N3OS/c1-13(15(20)17-16(2,3)4)19-9-7-18(8-10-19)12-14-6-5-11-21-14/h5-6,11,13H,7-10,12H2,1-4H3,(H,17,20). The Balaban J connectivity index is 1.79. The van der Waals surface area contributed by atoms with Crippen molar-refractivity contribution in [3.05, 3.63) is 22.4 Å². The van der Waals surface area contributed by atoms with Gasteiger partial charge < -0.3 is 5.32 Å². The molecule has 1 N–H and O–H groups in total. The van der Waals surface area contributed by atoms with Crippen molar-refractivity contribution in [2.24, 2.45) is 0 Å². The van der Waals surface area contributed by atoms with Crippen molar-refractivity contribution in [2.75, 3.05) is 26.2 Å². The largest absolute Gasteiger partial charge is 0.350 e. The molecule has 0 saturated carbocycles. The lowest BCUT2D eigenvalue weighted by atomic mass is 10.1. The van der Waals surface area contributed by atoms with E-state index in [-0.39, 0.29) is 17.5 Å². The highest BCUT2D eigenvalue weighted by molar-refractivity contribution is 7.09. The van der Waals surface area contributed by atoms with E-state index in [1.807, 2.05) is 39.0 Å². The first-order valence-corrected chi connectivity index (χ1v) is 8.54. The molecule has 118 valence electrons. The third-order valence-corrected chi connectivity index (χ3v) is 4.65. The smallest absolute Gasteiger partial charge is 0.237 e. The third kappa shape index (κ3) is 5.09. The van der Waals surface area contributed by atoms with Crippen LogP contribution in [0.25, 0.3) is 0 Å². The Bertz CT molecular complexity index is 445. The van der Waals surface area contributed by atoms with Gasteiger partial charge in [0.25, 0.3) is 0 Å². The van der Waals surface area contributed by atoms with Crippen molar-refractivity contribution in [1.29, 1.82) is 0 Å². The van der Waals surface area contributed by atoms with Crippen molar-refractivity contribution in [1.82, 2.24) is 15.1 Å². The summed E-state index contributed by atoms with van der Waals surface area (Å²) in [6.45, 7) is 13.1. The quantitative estimate of drug-likeness (QED) is 0.926. The normalized spacial score (nSPS) is 19.4. The summed E-state index contributed by atoms with van der Waals surface area (Å²) in [5.41, 5.74) is -0.160. The lowest BCUT2D eigenvalue weighted by Gasteiger charge is -2.38. The second kappa shape index (κ2) is 6.90. The van der Waals surface area contributed by atoms with Gasteiger partial charge in [-0.3, -0.25) is 14.6 Å². The van der Waals surface area contributed by atoms with Crippen LogP contribution in [0, 0.1) is 0 Å². The summed E-state index contributed by atoms with van der Waals surface area (Å²) in [7, 11) is 0. The molecule has 1 aromatic rings. The highest BCUT2D eigenvalue weighted by atomic mass is 32.1. The van der Waals surface area contributed by atoms with E-state index in [1.165, 1.54) is 4.88 Å². The number of nitrogens with zero attached hydrogens (tertiary/aromatic N) is 2. The number of carbonyl (C=O) groups excluding carboxylic acids is 1. The van der Waals surface area contributed by atoms with E-state index in [4.69, 9.17) is 0 Å². The van der Waals surface area contributed by atoms with E-state index in [2.05, 4.69) is 32.6 Å². The van der Waals surface area contributed by atoms with Crippen LogP contribution < -0.4 is 5.32 Å². The van der Waals surface area contributed by atoms with Gasteiger partial charge in [-0.05, 0) is 39.1 Å². The van der Waals surface area contributed by atoms with Crippen molar-refractivity contribution in [2.45, 2.75) is 45.8 Å². The zero-order valence-electron chi connectivity index (χ0n) is 13.6. The van der Waals surface area contributed by atoms with Gasteiger partial charge in [0, 0.05) is 43.1 Å². The maximum Gasteiger partial charge on any atom is 0.237 e. The monoisotopic (exact) mass is 309 g/mol. The Labute approximate surface area is 132 Å². The summed E-state index contributed by atoms with van der Waals surface area (Å²) in [5.74, 6) is 0.134. The summed E-state index contributed by atoms with van der Waals surface area (Å²) < 4.78 is 0. The van der Waals surface area contributed by atoms with Crippen molar-refractivity contribution in [3.8, 4) is 0 Å². The molecular formula is C16H27N3OS. The van der Waals surface area contributed by atoms with Gasteiger partial charge in [-0.2, -0.15) is 0 Å². The van der Waals surface area contributed by atoms with Crippen LogP contribution in [0.3, 0.4) is 0 Å². The average Bonchev–Trinajstić information content (AvgIpc) is 2.90. The van der Waals surface area contributed by atoms with E-state index in [1.54, 1.807) is 0 Å². The van der Waals surface area contributed by atoms with Crippen LogP contribution in [0.1, 0.15) is 32.6 Å². The van der Waals surface area contributed by atoms with Gasteiger partial charge in [-0.25, -0.2) is 0 Å². The van der Waals surface area contributed by atoms with Crippen LogP contribution >= 0.6 is 11.3 Å². The predicted octanol–water partition coefficient (Wildman–Crippen LogP) is 2.17. The zero-order chi connectivity index (χ0) is 15.5. The molecule has 0 aliphatic carbocycles. The molecule has 0 bridgehead atoms. The fourth-order valence-corrected chi connectivity index (χ4v) is 3.32. The Hall–Kier alpha value is -0.910. The maximum atomic E-state index is 12.2. The molecular weight excluding hydrogens is 282 g/mol. The Morgan fingerprint density at radius 3 is 2.52 bits per heavy atom. The Morgan fingerprint density at radius 2 is 2.00 bits per heavy atom. The summed E-state index contributed by atoms with van der Waals surface area (Å²) in [6.07, 6.45) is 0. The molecule has 4 nitrogen and oxygen atoms in total. The zero-order valence-corrected chi connectivity index (χ0v) is 14.4. The number of nitrogens with one attached hydrogen (secondary N) is 1. The van der Waals surface area contributed by atoms with Crippen LogP contribution in [0.4, 0.5) is 0 Å². The first-order valence-electron chi connectivity index (χ1n) is 7.66. The highest BCUT2D eigenvalue weighted by Gasteiger charge is 2.27. The first kappa shape index (κ1) is 16.5. The molecule has 0 spiro atoms. The van der Waals surface area contributed by atoms with E-state index >= 15 is 0 Å². The van der Waals surface area contributed by atoms with E-state index < -0.39 is 0 Å². The lowest BCUT2D eigenvalue weighted by Crippen LogP contribution is -2.55. The summed E-state index contributed by atoms with van der Waals surface area (Å²) >= 11 is 1.82. The van der Waals surface area contributed by atoms with Crippen LogP contribution in [-0.2, 0) is 11.3 Å². The number of hydrogen-bond donors (Lipinski definition) is 1. The molecule has 21 heavy (non-hydrogen) atoms. The van der Waals surface area contributed by atoms with Gasteiger partial charge in [0.05, 0.1) is 6.04 Å². The molecule has 1 aromatic heterocycles. The molecule has 2 heterocycles. The minimum absolute atomic E-state index is 0.0480. The summed E-state index contributed by atoms with van der Waals surface area (Å²) in [5, 5.41) is 5.20. The average molecular weight is 309 g/mol. The molecule has 2 rings (SSSR count). The molecule has 5 heteroatoms. The van der Waals surface area contributed by atoms with Crippen LogP contribution in [0.5, 0.6) is 0 Å². The maximum absolute atomic E-state index is 12.2. The molecule has 1 amide bonds. The van der Waals surface area contributed by atoms with Crippen molar-refractivity contribution in [3.63, 3.8) is 0 Å². The van der Waals surface area contributed by atoms with Crippen LogP contribution in [0.15, 0.2) is 17.5 Å². The van der Waals surface area contributed by atoms with E-state index in [0.717, 1.165) is 32.7 Å². The minimum Gasteiger partial charge on any atom is -0.350 e. The SMILES string of the molecule is CC(C(=O)NC(C)(C)C)N1CCN(Cc2cccs2)CC1. The molecule has 0 aromatic carbocycles. The molecule has 1 fully saturated rings. The number of rotatable bonds is 4. The second-order valence-electron chi connectivity index (χ2n) is 6.81. The molecule has 1 aliphatic rings. The number of thiophene rings is 1. The predicted molar refractivity (Wildman–Crippen MR) is 88.5 cm³/mol. The fraction of sp³-hybridized carbons (Fsp3) is 0.688. The van der Waals surface area contributed by atoms with Gasteiger partial charge >= 0.3 is 0 Å². The van der Waals surface area contributed by atoms with Gasteiger partial charge in [-0.1, -0.05) is 6.07 Å². The highest BCUT2D eigenvalue weighted by Crippen LogP contribution is 2.14. The van der Waals surface area contributed by atoms with Gasteiger partial charge in [0.1, 0.15) is 0 Å². The van der Waals surface area contributed by atoms with E-state index in [9.17, 15) is 4.79 Å². The van der Waals surface area contributed by atoms with Gasteiger partial charge in [-0.15, -0.1) is 11.3 Å². The summed E-state index contributed by atoms with van der Waals surface area (Å²) in [4.78, 5) is 18.4. The van der Waals surface area contributed by atoms with Crippen molar-refractivity contribution < 1.29 is 4.79 Å². The van der Waals surface area contributed by atoms with Gasteiger partial charge in [0.2, 0.25) is 5.91 Å². The van der Waals surface area contributed by atoms with Crippen molar-refractivity contribution >= 4 is 17.2 Å². The van der Waals surface area contributed by atoms with Gasteiger partial charge in [0.15, 0.2) is 0 Å². The molecule has 1 atom stereocenters. The van der Waals surface area contributed by atoms with E-state index in [0.29, 0.717) is 0 Å². The fourth-order valence-electron chi connectivity index (χ4n) is 2.57. The molecule has 1 unspecified atom stereocenters. The Morgan fingerprint density at radius 1 is 1.33 bits per heavy atom. The third-order valence-electron chi connectivity index (χ3n) is 3.79. The number of carbonyl (C=O) groups is 1. The molecule has 1 saturated heterocycles. The molecule has 0 radical (unpaired) electrons. The Kier molecular flexibility index (Phi) is 5.41. The van der Waals surface area contributed by atoms with Crippen LogP contribution in [-0.4, -0.2) is 53.5 Å². The second-order valence-corrected chi connectivity index (χ2v) is 7.84. The lowest BCUT2D eigenvalue weighted by molar-refractivity contribution is -0.128. The first-order chi connectivity index (χ1) is 9.85. The minimum atomic E-state index is -0.160. The topological polar surface area (TPSA) is 35.6 Å². The number of amides is 1. The number of piperazine rings is 1. The van der Waals surface area contributed by atoms with Crippen LogP contribution in [0.2, 0.25) is 0 Å². The summed E-state index contributed by atoms with van der Waals surface area (Å²) in [6, 6.07) is 4.25. The number of hydrogen-bond acceptors (Lipinski definition) is 4.